The molecule has 4 nitrogen and oxygen atoms in total. The van der Waals surface area contributed by atoms with Gasteiger partial charge in [0.2, 0.25) is 0 Å². The molecule has 19 heavy (non-hydrogen) atoms. The summed E-state index contributed by atoms with van der Waals surface area (Å²) in [5, 5.41) is 7.96. The minimum atomic E-state index is 0.286. The summed E-state index contributed by atoms with van der Waals surface area (Å²) >= 11 is 0. The molecule has 4 heteroatoms. The molecule has 0 aliphatic carbocycles. The van der Waals surface area contributed by atoms with Crippen LogP contribution in [0.3, 0.4) is 0 Å². The summed E-state index contributed by atoms with van der Waals surface area (Å²) in [4.78, 5) is 4.39. The van der Waals surface area contributed by atoms with Gasteiger partial charge in [-0.25, -0.2) is 0 Å². The lowest BCUT2D eigenvalue weighted by Crippen LogP contribution is -2.24. The normalized spacial score (nSPS) is 12.6. The van der Waals surface area contributed by atoms with Crippen LogP contribution in [0, 0.1) is 13.8 Å². The summed E-state index contributed by atoms with van der Waals surface area (Å²) < 4.78 is 1.96. The Morgan fingerprint density at radius 3 is 2.74 bits per heavy atom. The van der Waals surface area contributed by atoms with Crippen molar-refractivity contribution < 1.29 is 0 Å². The average Bonchev–Trinajstić information content (AvgIpc) is 2.68. The molecule has 0 saturated heterocycles. The van der Waals surface area contributed by atoms with Crippen LogP contribution in [-0.4, -0.2) is 21.3 Å². The zero-order valence-electron chi connectivity index (χ0n) is 12.1. The van der Waals surface area contributed by atoms with Gasteiger partial charge in [-0.05, 0) is 38.1 Å². The maximum atomic E-state index is 4.41. The van der Waals surface area contributed by atoms with Crippen molar-refractivity contribution in [3.05, 3.63) is 47.0 Å². The monoisotopic (exact) mass is 258 g/mol. The average molecular weight is 258 g/mol. The first-order valence-electron chi connectivity index (χ1n) is 6.76. The molecule has 2 rings (SSSR count). The second kappa shape index (κ2) is 5.97. The first-order chi connectivity index (χ1) is 9.11. The van der Waals surface area contributed by atoms with E-state index < -0.39 is 0 Å². The molecule has 1 unspecified atom stereocenters. The number of nitrogens with zero attached hydrogens (tertiary/aromatic N) is 3. The van der Waals surface area contributed by atoms with Crippen LogP contribution in [0.2, 0.25) is 0 Å². The molecule has 0 spiro atoms. The Kier molecular flexibility index (Phi) is 4.32. The van der Waals surface area contributed by atoms with Gasteiger partial charge in [0.15, 0.2) is 0 Å². The van der Waals surface area contributed by atoms with E-state index in [-0.39, 0.29) is 6.04 Å². The topological polar surface area (TPSA) is 42.7 Å². The number of hydrogen-bond acceptors (Lipinski definition) is 3. The van der Waals surface area contributed by atoms with Gasteiger partial charge in [0.1, 0.15) is 0 Å². The van der Waals surface area contributed by atoms with Crippen LogP contribution in [0.25, 0.3) is 0 Å². The molecule has 0 aliphatic heterocycles. The third-order valence-electron chi connectivity index (χ3n) is 3.39. The molecule has 2 aromatic heterocycles. The summed E-state index contributed by atoms with van der Waals surface area (Å²) in [5.74, 6) is 0. The molecule has 2 aromatic rings. The maximum absolute atomic E-state index is 4.41. The smallest absolute Gasteiger partial charge is 0.0596 e. The van der Waals surface area contributed by atoms with E-state index in [1.54, 1.807) is 0 Å². The molecule has 0 fully saturated rings. The van der Waals surface area contributed by atoms with Crippen LogP contribution in [0.5, 0.6) is 0 Å². The summed E-state index contributed by atoms with van der Waals surface area (Å²) in [6.45, 7) is 7.16. The van der Waals surface area contributed by atoms with E-state index in [0.29, 0.717) is 0 Å². The molecular weight excluding hydrogens is 236 g/mol. The van der Waals surface area contributed by atoms with Crippen LogP contribution >= 0.6 is 0 Å². The zero-order valence-corrected chi connectivity index (χ0v) is 12.1. The molecule has 1 atom stereocenters. The van der Waals surface area contributed by atoms with Gasteiger partial charge in [0.05, 0.1) is 5.69 Å². The molecule has 102 valence electrons. The summed E-state index contributed by atoms with van der Waals surface area (Å²) in [7, 11) is 2.00. The molecule has 0 saturated carbocycles. The van der Waals surface area contributed by atoms with E-state index in [1.807, 2.05) is 30.9 Å². The Bertz CT molecular complexity index is 545. The largest absolute Gasteiger partial charge is 0.310 e. The second-order valence-electron chi connectivity index (χ2n) is 4.89. The third kappa shape index (κ3) is 3.20. The number of hydrogen-bond donors (Lipinski definition) is 1. The fraction of sp³-hybridized carbons (Fsp3) is 0.467. The highest BCUT2D eigenvalue weighted by Gasteiger charge is 2.16. The molecule has 0 bridgehead atoms. The number of rotatable bonds is 5. The summed E-state index contributed by atoms with van der Waals surface area (Å²) in [6, 6.07) is 6.59. The quantitative estimate of drug-likeness (QED) is 0.895. The second-order valence-corrected chi connectivity index (χ2v) is 4.89. The lowest BCUT2D eigenvalue weighted by molar-refractivity contribution is 0.525. The SMILES string of the molecule is CCNC(Cc1cc(C)nn1C)c1cccnc1C. The van der Waals surface area contributed by atoms with Crippen LogP contribution in [-0.2, 0) is 13.5 Å². The van der Waals surface area contributed by atoms with Gasteiger partial charge in [0.25, 0.3) is 0 Å². The fourth-order valence-electron chi connectivity index (χ4n) is 2.47. The van der Waals surface area contributed by atoms with Crippen LogP contribution < -0.4 is 5.32 Å². The van der Waals surface area contributed by atoms with E-state index >= 15 is 0 Å². The van der Waals surface area contributed by atoms with Crippen molar-refractivity contribution in [1.29, 1.82) is 0 Å². The minimum Gasteiger partial charge on any atom is -0.310 e. The zero-order chi connectivity index (χ0) is 13.8. The van der Waals surface area contributed by atoms with Crippen LogP contribution in [0.4, 0.5) is 0 Å². The Morgan fingerprint density at radius 2 is 2.16 bits per heavy atom. The summed E-state index contributed by atoms with van der Waals surface area (Å²) in [5.41, 5.74) is 4.66. The van der Waals surface area contributed by atoms with E-state index in [1.165, 1.54) is 11.3 Å². The van der Waals surface area contributed by atoms with Gasteiger partial charge in [-0.15, -0.1) is 0 Å². The van der Waals surface area contributed by atoms with Gasteiger partial charge in [-0.2, -0.15) is 5.10 Å². The Labute approximate surface area is 114 Å². The minimum absolute atomic E-state index is 0.286. The predicted octanol–water partition coefficient (Wildman–Crippen LogP) is 2.33. The van der Waals surface area contributed by atoms with E-state index in [2.05, 4.69) is 41.4 Å². The molecule has 0 aliphatic rings. The third-order valence-corrected chi connectivity index (χ3v) is 3.39. The van der Waals surface area contributed by atoms with E-state index in [9.17, 15) is 0 Å². The van der Waals surface area contributed by atoms with Crippen LogP contribution in [0.15, 0.2) is 24.4 Å². The van der Waals surface area contributed by atoms with Crippen molar-refractivity contribution in [2.45, 2.75) is 33.2 Å². The number of aromatic nitrogens is 3. The maximum Gasteiger partial charge on any atom is 0.0596 e. The first-order valence-corrected chi connectivity index (χ1v) is 6.76. The highest BCUT2D eigenvalue weighted by Crippen LogP contribution is 2.20. The molecule has 0 radical (unpaired) electrons. The molecule has 0 aromatic carbocycles. The number of aryl methyl sites for hydroxylation is 3. The molecule has 2 heterocycles. The van der Waals surface area contributed by atoms with Crippen molar-refractivity contribution in [3.63, 3.8) is 0 Å². The van der Waals surface area contributed by atoms with Crippen LogP contribution in [0.1, 0.15) is 35.6 Å². The van der Waals surface area contributed by atoms with E-state index in [4.69, 9.17) is 0 Å². The number of likely N-dealkylation sites (N-methyl/N-ethyl adjacent to an activating group) is 1. The van der Waals surface area contributed by atoms with Crippen molar-refractivity contribution in [2.24, 2.45) is 7.05 Å². The van der Waals surface area contributed by atoms with Gasteiger partial charge in [0, 0.05) is 37.1 Å². The summed E-state index contributed by atoms with van der Waals surface area (Å²) in [6.07, 6.45) is 2.77. The van der Waals surface area contributed by atoms with Gasteiger partial charge < -0.3 is 5.32 Å². The van der Waals surface area contributed by atoms with Gasteiger partial charge in [-0.1, -0.05) is 13.0 Å². The van der Waals surface area contributed by atoms with Crippen molar-refractivity contribution in [3.8, 4) is 0 Å². The number of nitrogens with one attached hydrogen (secondary N) is 1. The first kappa shape index (κ1) is 13.7. The highest BCUT2D eigenvalue weighted by atomic mass is 15.3. The highest BCUT2D eigenvalue weighted by molar-refractivity contribution is 5.24. The van der Waals surface area contributed by atoms with Gasteiger partial charge >= 0.3 is 0 Å². The Hall–Kier alpha value is -1.68. The van der Waals surface area contributed by atoms with Crippen molar-refractivity contribution >= 4 is 0 Å². The lowest BCUT2D eigenvalue weighted by atomic mass is 10.0. The molecular formula is C15H22N4. The molecule has 1 N–H and O–H groups in total. The van der Waals surface area contributed by atoms with Crippen molar-refractivity contribution in [1.82, 2.24) is 20.1 Å². The Balaban J connectivity index is 2.26. The number of pyridine rings is 1. The van der Waals surface area contributed by atoms with E-state index in [0.717, 1.165) is 24.4 Å². The van der Waals surface area contributed by atoms with Crippen molar-refractivity contribution in [2.75, 3.05) is 6.54 Å². The van der Waals surface area contributed by atoms with Gasteiger partial charge in [-0.3, -0.25) is 9.67 Å². The predicted molar refractivity (Wildman–Crippen MR) is 77.0 cm³/mol. The standard InChI is InChI=1S/C15H22N4/c1-5-16-15(14-7-6-8-17-12(14)3)10-13-9-11(2)18-19(13)4/h6-9,15-16H,5,10H2,1-4H3. The lowest BCUT2D eigenvalue weighted by Gasteiger charge is -2.19. The fourth-order valence-corrected chi connectivity index (χ4v) is 2.47. The Morgan fingerprint density at radius 1 is 1.37 bits per heavy atom. The molecule has 0 amide bonds.